The Morgan fingerprint density at radius 1 is 1.60 bits per heavy atom. The van der Waals surface area contributed by atoms with Crippen LogP contribution in [0.25, 0.3) is 0 Å². The van der Waals surface area contributed by atoms with E-state index in [9.17, 15) is 5.11 Å². The molecule has 1 unspecified atom stereocenters. The number of hydrogen-bond acceptors (Lipinski definition) is 3. The number of anilines is 1. The summed E-state index contributed by atoms with van der Waals surface area (Å²) in [5.74, 6) is 0. The van der Waals surface area contributed by atoms with Gasteiger partial charge in [0, 0.05) is 25.5 Å². The molecule has 15 heavy (non-hydrogen) atoms. The summed E-state index contributed by atoms with van der Waals surface area (Å²) in [5.41, 5.74) is 0.358. The molecule has 2 heterocycles. The summed E-state index contributed by atoms with van der Waals surface area (Å²) < 4.78 is 0. The molecule has 3 nitrogen and oxygen atoms in total. The summed E-state index contributed by atoms with van der Waals surface area (Å²) in [7, 11) is 0. The van der Waals surface area contributed by atoms with E-state index in [2.05, 4.69) is 9.88 Å². The Labute approximate surface area is 94.7 Å². The number of aromatic nitrogens is 1. The van der Waals surface area contributed by atoms with Crippen molar-refractivity contribution < 1.29 is 5.11 Å². The minimum atomic E-state index is -0.606. The van der Waals surface area contributed by atoms with Crippen molar-refractivity contribution in [3.8, 4) is 0 Å². The minimum Gasteiger partial charge on any atom is -0.388 e. The lowest BCUT2D eigenvalue weighted by molar-refractivity contribution is 0.0449. The number of halogens is 1. The number of aliphatic hydroxyl groups is 1. The topological polar surface area (TPSA) is 36.4 Å². The molecule has 0 amide bonds. The second kappa shape index (κ2) is 3.99. The molecular weight excluding hydrogens is 212 g/mol. The van der Waals surface area contributed by atoms with Crippen molar-refractivity contribution in [2.24, 2.45) is 0 Å². The van der Waals surface area contributed by atoms with E-state index in [0.717, 1.165) is 25.1 Å². The van der Waals surface area contributed by atoms with Crippen LogP contribution >= 0.6 is 11.6 Å². The molecule has 1 aliphatic heterocycles. The fraction of sp³-hybridized carbons (Fsp3) is 0.545. The molecule has 1 aromatic rings. The van der Waals surface area contributed by atoms with E-state index in [1.54, 1.807) is 12.4 Å². The van der Waals surface area contributed by atoms with Crippen LogP contribution in [0.4, 0.5) is 5.69 Å². The second-order valence-corrected chi connectivity index (χ2v) is 4.76. The van der Waals surface area contributed by atoms with Crippen molar-refractivity contribution in [2.45, 2.75) is 25.4 Å². The molecule has 1 aliphatic rings. The maximum Gasteiger partial charge on any atom is 0.0822 e. The second-order valence-electron chi connectivity index (χ2n) is 4.35. The van der Waals surface area contributed by atoms with Crippen LogP contribution in [0.15, 0.2) is 18.5 Å². The molecule has 2 rings (SSSR count). The third-order valence-corrected chi connectivity index (χ3v) is 3.06. The maximum atomic E-state index is 10.00. The van der Waals surface area contributed by atoms with Gasteiger partial charge >= 0.3 is 0 Å². The van der Waals surface area contributed by atoms with E-state index >= 15 is 0 Å². The normalized spacial score (nSPS) is 26.7. The SMILES string of the molecule is CC1(O)CCCN(c2ccncc2Cl)C1. The molecule has 0 aromatic carbocycles. The van der Waals surface area contributed by atoms with Gasteiger partial charge in [-0.2, -0.15) is 0 Å². The first kappa shape index (κ1) is 10.7. The van der Waals surface area contributed by atoms with Crippen molar-refractivity contribution >= 4 is 17.3 Å². The van der Waals surface area contributed by atoms with Gasteiger partial charge in [0.2, 0.25) is 0 Å². The number of piperidine rings is 1. The average Bonchev–Trinajstić information content (AvgIpc) is 2.17. The van der Waals surface area contributed by atoms with E-state index in [1.165, 1.54) is 0 Å². The van der Waals surface area contributed by atoms with Gasteiger partial charge in [-0.25, -0.2) is 0 Å². The standard InChI is InChI=1S/C11H15ClN2O/c1-11(15)4-2-6-14(8-11)10-3-5-13-7-9(10)12/h3,5,7,15H,2,4,6,8H2,1H3. The maximum absolute atomic E-state index is 10.00. The zero-order chi connectivity index (χ0) is 10.9. The summed E-state index contributed by atoms with van der Waals surface area (Å²) in [4.78, 5) is 6.07. The molecule has 1 N–H and O–H groups in total. The fourth-order valence-corrected chi connectivity index (χ4v) is 2.29. The van der Waals surface area contributed by atoms with Gasteiger partial charge < -0.3 is 10.0 Å². The Kier molecular flexibility index (Phi) is 2.85. The van der Waals surface area contributed by atoms with Gasteiger partial charge in [0.25, 0.3) is 0 Å². The summed E-state index contributed by atoms with van der Waals surface area (Å²) in [6.07, 6.45) is 5.21. The third kappa shape index (κ3) is 2.41. The van der Waals surface area contributed by atoms with Gasteiger partial charge in [0.15, 0.2) is 0 Å². The molecule has 1 fully saturated rings. The number of pyridine rings is 1. The van der Waals surface area contributed by atoms with Gasteiger partial charge in [-0.1, -0.05) is 11.6 Å². The molecule has 1 saturated heterocycles. The Bertz CT molecular complexity index is 354. The summed E-state index contributed by atoms with van der Waals surface area (Å²) >= 11 is 6.06. The average molecular weight is 227 g/mol. The fourth-order valence-electron chi connectivity index (χ4n) is 2.05. The summed E-state index contributed by atoms with van der Waals surface area (Å²) in [6.45, 7) is 3.45. The molecule has 0 radical (unpaired) electrons. The van der Waals surface area contributed by atoms with Gasteiger partial charge in [-0.15, -0.1) is 0 Å². The zero-order valence-corrected chi connectivity index (χ0v) is 9.54. The van der Waals surface area contributed by atoms with E-state index in [0.29, 0.717) is 11.6 Å². The lowest BCUT2D eigenvalue weighted by Gasteiger charge is -2.38. The zero-order valence-electron chi connectivity index (χ0n) is 8.78. The highest BCUT2D eigenvalue weighted by Gasteiger charge is 2.29. The van der Waals surface area contributed by atoms with Crippen molar-refractivity contribution in [3.63, 3.8) is 0 Å². The van der Waals surface area contributed by atoms with Gasteiger partial charge in [-0.3, -0.25) is 4.98 Å². The van der Waals surface area contributed by atoms with E-state index < -0.39 is 5.60 Å². The van der Waals surface area contributed by atoms with Crippen LogP contribution in [0.1, 0.15) is 19.8 Å². The number of nitrogens with zero attached hydrogens (tertiary/aromatic N) is 2. The van der Waals surface area contributed by atoms with E-state index in [-0.39, 0.29) is 0 Å². The lowest BCUT2D eigenvalue weighted by Crippen LogP contribution is -2.46. The Morgan fingerprint density at radius 2 is 2.40 bits per heavy atom. The van der Waals surface area contributed by atoms with Crippen LogP contribution in [0.3, 0.4) is 0 Å². The molecule has 4 heteroatoms. The van der Waals surface area contributed by atoms with Crippen molar-refractivity contribution in [3.05, 3.63) is 23.5 Å². The van der Waals surface area contributed by atoms with Gasteiger partial charge in [-0.05, 0) is 25.8 Å². The van der Waals surface area contributed by atoms with Crippen molar-refractivity contribution in [2.75, 3.05) is 18.0 Å². The van der Waals surface area contributed by atoms with Gasteiger partial charge in [0.05, 0.1) is 16.3 Å². The molecule has 0 saturated carbocycles. The quantitative estimate of drug-likeness (QED) is 0.797. The molecule has 0 spiro atoms. The first-order valence-electron chi connectivity index (χ1n) is 5.15. The van der Waals surface area contributed by atoms with Crippen LogP contribution in [-0.2, 0) is 0 Å². The number of rotatable bonds is 1. The van der Waals surface area contributed by atoms with Crippen LogP contribution in [-0.4, -0.2) is 28.8 Å². The monoisotopic (exact) mass is 226 g/mol. The lowest BCUT2D eigenvalue weighted by atomic mass is 9.95. The van der Waals surface area contributed by atoms with Crippen LogP contribution < -0.4 is 4.90 Å². The summed E-state index contributed by atoms with van der Waals surface area (Å²) in [5, 5.41) is 10.6. The van der Waals surface area contributed by atoms with Crippen LogP contribution in [0.5, 0.6) is 0 Å². The van der Waals surface area contributed by atoms with Crippen LogP contribution in [0, 0.1) is 0 Å². The number of β-amino-alcohol motifs (C(OH)–C–C–N with tert-alkyl or cyclic N) is 1. The Balaban J connectivity index is 2.21. The highest BCUT2D eigenvalue weighted by Crippen LogP contribution is 2.29. The Hall–Kier alpha value is -0.800. The molecule has 1 atom stereocenters. The highest BCUT2D eigenvalue weighted by molar-refractivity contribution is 6.33. The molecule has 0 bridgehead atoms. The molecule has 82 valence electrons. The molecular formula is C11H15ClN2O. The first-order valence-corrected chi connectivity index (χ1v) is 5.53. The largest absolute Gasteiger partial charge is 0.388 e. The van der Waals surface area contributed by atoms with E-state index in [4.69, 9.17) is 11.6 Å². The summed E-state index contributed by atoms with van der Waals surface area (Å²) in [6, 6.07) is 1.89. The molecule has 1 aromatic heterocycles. The van der Waals surface area contributed by atoms with Crippen molar-refractivity contribution in [1.82, 2.24) is 4.98 Å². The smallest absolute Gasteiger partial charge is 0.0822 e. The van der Waals surface area contributed by atoms with Crippen molar-refractivity contribution in [1.29, 1.82) is 0 Å². The predicted molar refractivity (Wildman–Crippen MR) is 61.3 cm³/mol. The van der Waals surface area contributed by atoms with Crippen LogP contribution in [0.2, 0.25) is 5.02 Å². The minimum absolute atomic E-state index is 0.606. The Morgan fingerprint density at radius 3 is 3.07 bits per heavy atom. The highest BCUT2D eigenvalue weighted by atomic mass is 35.5. The predicted octanol–water partition coefficient (Wildman–Crippen LogP) is 2.09. The number of hydrogen-bond donors (Lipinski definition) is 1. The van der Waals surface area contributed by atoms with E-state index in [1.807, 2.05) is 13.0 Å². The molecule has 0 aliphatic carbocycles. The van der Waals surface area contributed by atoms with Gasteiger partial charge in [0.1, 0.15) is 0 Å². The first-order chi connectivity index (χ1) is 7.08. The third-order valence-electron chi connectivity index (χ3n) is 2.77.